The molecule has 110 valence electrons. The minimum atomic E-state index is -0.640. The van der Waals surface area contributed by atoms with E-state index in [9.17, 15) is 9.59 Å². The molecule has 0 saturated heterocycles. The molecule has 1 N–H and O–H groups in total. The summed E-state index contributed by atoms with van der Waals surface area (Å²) in [6.07, 6.45) is 7.75. The van der Waals surface area contributed by atoms with Crippen LogP contribution in [0.25, 0.3) is 0 Å². The second-order valence-electron chi connectivity index (χ2n) is 4.44. The number of dihydropyridines is 1. The highest BCUT2D eigenvalue weighted by Crippen LogP contribution is 2.17. The fraction of sp³-hybridized carbons (Fsp3) is 0.143. The fourth-order valence-corrected chi connectivity index (χ4v) is 1.86. The Labute approximate surface area is 125 Å². The Morgan fingerprint density at radius 3 is 2.91 bits per heavy atom. The SMILES string of the molecule is O=C(NCc1nc(C2C=CC=NC2=O)no1)c1ccncc1. The molecule has 3 heterocycles. The number of nitrogens with one attached hydrogen (secondary N) is 1. The van der Waals surface area contributed by atoms with E-state index in [0.29, 0.717) is 5.56 Å². The maximum atomic E-state index is 11.9. The van der Waals surface area contributed by atoms with Gasteiger partial charge in [-0.15, -0.1) is 0 Å². The van der Waals surface area contributed by atoms with E-state index in [1.165, 1.54) is 18.6 Å². The van der Waals surface area contributed by atoms with Gasteiger partial charge in [-0.1, -0.05) is 11.2 Å². The van der Waals surface area contributed by atoms with Crippen LogP contribution in [0.2, 0.25) is 0 Å². The molecule has 3 rings (SSSR count). The molecule has 2 aromatic heterocycles. The summed E-state index contributed by atoms with van der Waals surface area (Å²) in [6.45, 7) is 0.0715. The zero-order valence-corrected chi connectivity index (χ0v) is 11.3. The number of hydrogen-bond acceptors (Lipinski definition) is 6. The molecule has 0 aliphatic carbocycles. The van der Waals surface area contributed by atoms with Gasteiger partial charge in [0.2, 0.25) is 5.89 Å². The summed E-state index contributed by atoms with van der Waals surface area (Å²) in [5, 5.41) is 6.39. The van der Waals surface area contributed by atoms with Crippen LogP contribution in [0.5, 0.6) is 0 Å². The Kier molecular flexibility index (Phi) is 3.82. The van der Waals surface area contributed by atoms with Crippen LogP contribution in [0.15, 0.2) is 46.2 Å². The average molecular weight is 297 g/mol. The molecule has 0 aromatic carbocycles. The van der Waals surface area contributed by atoms with E-state index in [1.807, 2.05) is 0 Å². The lowest BCUT2D eigenvalue weighted by Crippen LogP contribution is -2.23. The smallest absolute Gasteiger partial charge is 0.260 e. The van der Waals surface area contributed by atoms with Crippen LogP contribution in [-0.4, -0.2) is 33.2 Å². The molecule has 8 heteroatoms. The quantitative estimate of drug-likeness (QED) is 0.886. The number of pyridine rings is 1. The predicted octanol–water partition coefficient (Wildman–Crippen LogP) is 0.645. The number of nitrogens with zero attached hydrogens (tertiary/aromatic N) is 4. The number of hydrogen-bond donors (Lipinski definition) is 1. The van der Waals surface area contributed by atoms with Crippen molar-refractivity contribution in [3.8, 4) is 0 Å². The number of amides is 2. The van der Waals surface area contributed by atoms with E-state index < -0.39 is 5.92 Å². The molecule has 0 radical (unpaired) electrons. The summed E-state index contributed by atoms with van der Waals surface area (Å²) in [5.41, 5.74) is 0.481. The maximum absolute atomic E-state index is 11.9. The van der Waals surface area contributed by atoms with Gasteiger partial charge in [0, 0.05) is 24.2 Å². The molecule has 2 aromatic rings. The van der Waals surface area contributed by atoms with Crippen LogP contribution < -0.4 is 5.32 Å². The number of aliphatic imine (C=N–C) groups is 1. The second-order valence-corrected chi connectivity index (χ2v) is 4.44. The molecule has 0 spiro atoms. The van der Waals surface area contributed by atoms with Crippen LogP contribution in [0.1, 0.15) is 28.0 Å². The van der Waals surface area contributed by atoms with Crippen molar-refractivity contribution in [2.45, 2.75) is 12.5 Å². The van der Waals surface area contributed by atoms with E-state index in [0.717, 1.165) is 0 Å². The van der Waals surface area contributed by atoms with Crippen molar-refractivity contribution in [3.63, 3.8) is 0 Å². The van der Waals surface area contributed by atoms with Crippen molar-refractivity contribution >= 4 is 18.0 Å². The Balaban J connectivity index is 1.63. The van der Waals surface area contributed by atoms with Gasteiger partial charge in [0.05, 0.1) is 6.54 Å². The van der Waals surface area contributed by atoms with Crippen LogP contribution in [0, 0.1) is 0 Å². The van der Waals surface area contributed by atoms with Crippen LogP contribution >= 0.6 is 0 Å². The van der Waals surface area contributed by atoms with Crippen LogP contribution in [0.4, 0.5) is 0 Å². The van der Waals surface area contributed by atoms with Gasteiger partial charge in [-0.25, -0.2) is 4.99 Å². The van der Waals surface area contributed by atoms with E-state index in [-0.39, 0.29) is 30.1 Å². The maximum Gasteiger partial charge on any atom is 0.260 e. The highest BCUT2D eigenvalue weighted by Gasteiger charge is 2.24. The third-order valence-corrected chi connectivity index (χ3v) is 2.96. The standard InChI is InChI=1S/C14H11N5O3/c20-13(9-3-6-15-7-4-9)17-8-11-18-12(19-22-11)10-2-1-5-16-14(10)21/h1-7,10H,8H2,(H,17,20). The minimum absolute atomic E-state index is 0.0715. The average Bonchev–Trinajstić information content (AvgIpc) is 3.02. The Morgan fingerprint density at radius 1 is 1.32 bits per heavy atom. The van der Waals surface area contributed by atoms with Gasteiger partial charge >= 0.3 is 0 Å². The summed E-state index contributed by atoms with van der Waals surface area (Å²) in [5.74, 6) is -0.825. The molecule has 1 unspecified atom stereocenters. The molecular formula is C14H11N5O3. The van der Waals surface area contributed by atoms with Gasteiger partial charge in [-0.2, -0.15) is 4.98 Å². The molecule has 22 heavy (non-hydrogen) atoms. The molecule has 2 amide bonds. The van der Waals surface area contributed by atoms with Crippen molar-refractivity contribution in [2.24, 2.45) is 4.99 Å². The third-order valence-electron chi connectivity index (χ3n) is 2.96. The fourth-order valence-electron chi connectivity index (χ4n) is 1.86. The Bertz CT molecular complexity index is 751. The van der Waals surface area contributed by atoms with Crippen molar-refractivity contribution in [3.05, 3.63) is 54.0 Å². The number of allylic oxidation sites excluding steroid dienone is 1. The lowest BCUT2D eigenvalue weighted by atomic mass is 10.1. The molecule has 0 saturated carbocycles. The van der Waals surface area contributed by atoms with Crippen LogP contribution in [0.3, 0.4) is 0 Å². The summed E-state index contributed by atoms with van der Waals surface area (Å²) >= 11 is 0. The van der Waals surface area contributed by atoms with E-state index >= 15 is 0 Å². The lowest BCUT2D eigenvalue weighted by Gasteiger charge is -2.04. The number of carbonyl (C=O) groups excluding carboxylic acids is 2. The first-order valence-corrected chi connectivity index (χ1v) is 6.49. The number of aromatic nitrogens is 3. The minimum Gasteiger partial charge on any atom is -0.343 e. The Hall–Kier alpha value is -3.16. The zero-order valence-electron chi connectivity index (χ0n) is 11.3. The predicted molar refractivity (Wildman–Crippen MR) is 75.1 cm³/mol. The first-order chi connectivity index (χ1) is 10.7. The van der Waals surface area contributed by atoms with Crippen molar-refractivity contribution in [2.75, 3.05) is 0 Å². The van der Waals surface area contributed by atoms with E-state index in [2.05, 4.69) is 25.4 Å². The van der Waals surface area contributed by atoms with Gasteiger partial charge < -0.3 is 9.84 Å². The summed E-state index contributed by atoms with van der Waals surface area (Å²) < 4.78 is 5.03. The largest absolute Gasteiger partial charge is 0.343 e. The first-order valence-electron chi connectivity index (χ1n) is 6.49. The second kappa shape index (κ2) is 6.08. The summed E-state index contributed by atoms with van der Waals surface area (Å²) in [4.78, 5) is 35.1. The van der Waals surface area contributed by atoms with Crippen molar-refractivity contribution in [1.82, 2.24) is 20.4 Å². The van der Waals surface area contributed by atoms with E-state index in [4.69, 9.17) is 4.52 Å². The molecular weight excluding hydrogens is 286 g/mol. The summed E-state index contributed by atoms with van der Waals surface area (Å²) in [7, 11) is 0. The van der Waals surface area contributed by atoms with Crippen molar-refractivity contribution in [1.29, 1.82) is 0 Å². The molecule has 1 aliphatic rings. The van der Waals surface area contributed by atoms with E-state index in [1.54, 1.807) is 24.3 Å². The normalized spacial score (nSPS) is 16.7. The third kappa shape index (κ3) is 2.95. The zero-order chi connectivity index (χ0) is 15.4. The number of rotatable bonds is 4. The number of carbonyl (C=O) groups is 2. The van der Waals surface area contributed by atoms with Gasteiger partial charge in [0.25, 0.3) is 11.8 Å². The molecule has 0 fully saturated rings. The first kappa shape index (κ1) is 13.8. The topological polar surface area (TPSA) is 110 Å². The molecule has 0 bridgehead atoms. The van der Waals surface area contributed by atoms with Gasteiger partial charge in [-0.05, 0) is 18.2 Å². The molecule has 8 nitrogen and oxygen atoms in total. The van der Waals surface area contributed by atoms with Crippen molar-refractivity contribution < 1.29 is 14.1 Å². The highest BCUT2D eigenvalue weighted by molar-refractivity contribution is 5.97. The lowest BCUT2D eigenvalue weighted by molar-refractivity contribution is -0.118. The highest BCUT2D eigenvalue weighted by atomic mass is 16.5. The van der Waals surface area contributed by atoms with Gasteiger partial charge in [-0.3, -0.25) is 14.6 Å². The Morgan fingerprint density at radius 2 is 2.14 bits per heavy atom. The van der Waals surface area contributed by atoms with Gasteiger partial charge in [0.1, 0.15) is 5.92 Å². The molecule has 1 aliphatic heterocycles. The monoisotopic (exact) mass is 297 g/mol. The van der Waals surface area contributed by atoms with Gasteiger partial charge in [0.15, 0.2) is 5.82 Å². The molecule has 1 atom stereocenters. The van der Waals surface area contributed by atoms with Crippen LogP contribution in [-0.2, 0) is 11.3 Å². The summed E-state index contributed by atoms with van der Waals surface area (Å²) in [6, 6.07) is 3.19.